The first kappa shape index (κ1) is 16.8. The Morgan fingerprint density at radius 2 is 2.28 bits per heavy atom. The summed E-state index contributed by atoms with van der Waals surface area (Å²) < 4.78 is 11.4. The highest BCUT2D eigenvalue weighted by Crippen LogP contribution is 2.34. The lowest BCUT2D eigenvalue weighted by atomic mass is 9.87. The van der Waals surface area contributed by atoms with Crippen molar-refractivity contribution in [3.63, 3.8) is 0 Å². The van der Waals surface area contributed by atoms with E-state index in [1.54, 1.807) is 17.4 Å². The van der Waals surface area contributed by atoms with Gasteiger partial charge in [-0.25, -0.2) is 4.98 Å². The van der Waals surface area contributed by atoms with Crippen LogP contribution in [0, 0.1) is 12.3 Å². The Bertz CT molecular complexity index is 730. The van der Waals surface area contributed by atoms with Crippen LogP contribution in [0.4, 0.5) is 0 Å². The minimum absolute atomic E-state index is 0.00502. The van der Waals surface area contributed by atoms with Crippen LogP contribution in [-0.2, 0) is 11.3 Å². The molecule has 2 aliphatic heterocycles. The molecule has 2 saturated heterocycles. The maximum Gasteiger partial charge on any atom is 0.289 e. The molecule has 2 aromatic rings. The molecule has 2 aromatic heterocycles. The van der Waals surface area contributed by atoms with Crippen LogP contribution in [0.3, 0.4) is 0 Å². The van der Waals surface area contributed by atoms with Gasteiger partial charge in [0.05, 0.1) is 19.8 Å². The second kappa shape index (κ2) is 6.90. The van der Waals surface area contributed by atoms with Gasteiger partial charge in [0.1, 0.15) is 10.8 Å². The zero-order valence-corrected chi connectivity index (χ0v) is 15.3. The Labute approximate surface area is 151 Å². The zero-order valence-electron chi connectivity index (χ0n) is 14.4. The summed E-state index contributed by atoms with van der Waals surface area (Å²) in [6, 6.07) is 3.60. The predicted octanol–water partition coefficient (Wildman–Crippen LogP) is 2.41. The molecule has 2 aliphatic rings. The molecule has 1 spiro atoms. The average molecular weight is 361 g/mol. The van der Waals surface area contributed by atoms with Gasteiger partial charge in [-0.3, -0.25) is 9.69 Å². The fraction of sp³-hybridized carbons (Fsp3) is 0.556. The van der Waals surface area contributed by atoms with E-state index in [2.05, 4.69) is 9.88 Å². The van der Waals surface area contributed by atoms with Crippen LogP contribution in [0.1, 0.15) is 27.7 Å². The average Bonchev–Trinajstić information content (AvgIpc) is 3.30. The van der Waals surface area contributed by atoms with E-state index in [-0.39, 0.29) is 11.3 Å². The number of carbonyl (C=O) groups excluding carboxylic acids is 1. The number of carbonyl (C=O) groups is 1. The van der Waals surface area contributed by atoms with Crippen LogP contribution in [0.25, 0.3) is 0 Å². The summed E-state index contributed by atoms with van der Waals surface area (Å²) >= 11 is 1.69. The van der Waals surface area contributed by atoms with Crippen molar-refractivity contribution in [2.45, 2.75) is 19.9 Å². The fourth-order valence-corrected chi connectivity index (χ4v) is 4.46. The van der Waals surface area contributed by atoms with Gasteiger partial charge in [-0.1, -0.05) is 0 Å². The van der Waals surface area contributed by atoms with Gasteiger partial charge in [-0.05, 0) is 32.0 Å². The third-order valence-corrected chi connectivity index (χ3v) is 5.80. The van der Waals surface area contributed by atoms with E-state index in [9.17, 15) is 4.79 Å². The van der Waals surface area contributed by atoms with Crippen LogP contribution in [0.2, 0.25) is 0 Å². The van der Waals surface area contributed by atoms with E-state index in [0.717, 1.165) is 43.4 Å². The lowest BCUT2D eigenvalue weighted by Crippen LogP contribution is -2.43. The number of likely N-dealkylation sites (tertiary alicyclic amines) is 1. The van der Waals surface area contributed by atoms with Gasteiger partial charge in [0, 0.05) is 36.6 Å². The van der Waals surface area contributed by atoms with Gasteiger partial charge in [-0.2, -0.15) is 0 Å². The maximum absolute atomic E-state index is 12.8. The Kier molecular flexibility index (Phi) is 4.62. The molecule has 6 nitrogen and oxygen atoms in total. The molecule has 25 heavy (non-hydrogen) atoms. The van der Waals surface area contributed by atoms with Crippen molar-refractivity contribution in [2.24, 2.45) is 5.41 Å². The number of hydrogen-bond donors (Lipinski definition) is 0. The van der Waals surface area contributed by atoms with Crippen molar-refractivity contribution < 1.29 is 13.9 Å². The fourth-order valence-electron chi connectivity index (χ4n) is 3.80. The Balaban J connectivity index is 1.45. The van der Waals surface area contributed by atoms with Gasteiger partial charge in [0.2, 0.25) is 0 Å². The second-order valence-electron chi connectivity index (χ2n) is 7.08. The predicted molar refractivity (Wildman–Crippen MR) is 94.6 cm³/mol. The number of nitrogens with zero attached hydrogens (tertiary/aromatic N) is 3. The van der Waals surface area contributed by atoms with E-state index in [1.807, 2.05) is 29.5 Å². The molecule has 1 atom stereocenters. The number of aromatic nitrogens is 1. The third kappa shape index (κ3) is 3.63. The highest BCUT2D eigenvalue weighted by Gasteiger charge is 2.42. The highest BCUT2D eigenvalue weighted by molar-refractivity contribution is 7.09. The Morgan fingerprint density at radius 1 is 1.36 bits per heavy atom. The Morgan fingerprint density at radius 3 is 3.04 bits per heavy atom. The minimum atomic E-state index is -0.0312. The summed E-state index contributed by atoms with van der Waals surface area (Å²) in [7, 11) is 0. The molecule has 134 valence electrons. The van der Waals surface area contributed by atoms with Crippen LogP contribution >= 0.6 is 11.3 Å². The normalized spacial score (nSPS) is 24.8. The molecular formula is C18H23N3O3S. The van der Waals surface area contributed by atoms with Gasteiger partial charge in [0.25, 0.3) is 5.91 Å². The van der Waals surface area contributed by atoms with E-state index in [0.29, 0.717) is 25.5 Å². The summed E-state index contributed by atoms with van der Waals surface area (Å²) in [5.41, 5.74) is 0.00502. The topological polar surface area (TPSA) is 58.8 Å². The number of hydrogen-bond acceptors (Lipinski definition) is 6. The molecule has 0 aliphatic carbocycles. The lowest BCUT2D eigenvalue weighted by Gasteiger charge is -2.31. The first-order valence-corrected chi connectivity index (χ1v) is 9.56. The summed E-state index contributed by atoms with van der Waals surface area (Å²) in [6.07, 6.45) is 2.89. The molecule has 0 saturated carbocycles. The van der Waals surface area contributed by atoms with Gasteiger partial charge in [0.15, 0.2) is 5.76 Å². The first-order chi connectivity index (χ1) is 12.1. The smallest absolute Gasteiger partial charge is 0.289 e. The van der Waals surface area contributed by atoms with Crippen LogP contribution in [-0.4, -0.2) is 60.1 Å². The molecule has 1 amide bonds. The third-order valence-electron chi connectivity index (χ3n) is 5.04. The molecule has 4 heterocycles. The summed E-state index contributed by atoms with van der Waals surface area (Å²) in [5, 5.41) is 3.16. The number of rotatable bonds is 3. The largest absolute Gasteiger partial charge is 0.456 e. The number of ether oxygens (including phenoxy) is 1. The van der Waals surface area contributed by atoms with E-state index >= 15 is 0 Å². The van der Waals surface area contributed by atoms with Gasteiger partial charge >= 0.3 is 0 Å². The van der Waals surface area contributed by atoms with Crippen molar-refractivity contribution in [2.75, 3.05) is 39.4 Å². The summed E-state index contributed by atoms with van der Waals surface area (Å²) in [6.45, 7) is 7.33. The molecule has 0 aromatic carbocycles. The van der Waals surface area contributed by atoms with Crippen LogP contribution in [0.5, 0.6) is 0 Å². The van der Waals surface area contributed by atoms with E-state index < -0.39 is 0 Å². The second-order valence-corrected chi connectivity index (χ2v) is 8.06. The first-order valence-electron chi connectivity index (χ1n) is 8.68. The van der Waals surface area contributed by atoms with Gasteiger partial charge in [-0.15, -0.1) is 11.3 Å². The van der Waals surface area contributed by atoms with Crippen LogP contribution < -0.4 is 0 Å². The van der Waals surface area contributed by atoms with Crippen molar-refractivity contribution in [1.82, 2.24) is 14.8 Å². The number of aryl methyl sites for hydroxylation is 1. The van der Waals surface area contributed by atoms with E-state index in [4.69, 9.17) is 9.15 Å². The number of furan rings is 1. The standard InChI is InChI=1S/C18H23N3O3S/c1-14-2-3-15(24-14)17(22)21-7-8-23-13-18(12-21)4-6-20(11-18)10-16-19-5-9-25-16/h2-3,5,9H,4,6-8,10-13H2,1H3/t18-/m1/s1. The summed E-state index contributed by atoms with van der Waals surface area (Å²) in [5.74, 6) is 1.16. The molecule has 7 heteroatoms. The minimum Gasteiger partial charge on any atom is -0.456 e. The van der Waals surface area contributed by atoms with Crippen molar-refractivity contribution in [3.05, 3.63) is 40.2 Å². The molecule has 4 rings (SSSR count). The lowest BCUT2D eigenvalue weighted by molar-refractivity contribution is 0.0624. The molecule has 0 radical (unpaired) electrons. The molecule has 0 bridgehead atoms. The monoisotopic (exact) mass is 361 g/mol. The SMILES string of the molecule is Cc1ccc(C(=O)N2CCOC[C@@]3(CCN(Cc4nccs4)C3)C2)o1. The molecule has 0 unspecified atom stereocenters. The van der Waals surface area contributed by atoms with Crippen molar-refractivity contribution in [1.29, 1.82) is 0 Å². The van der Waals surface area contributed by atoms with Gasteiger partial charge < -0.3 is 14.1 Å². The highest BCUT2D eigenvalue weighted by atomic mass is 32.1. The zero-order chi connectivity index (χ0) is 17.3. The quantitative estimate of drug-likeness (QED) is 0.840. The van der Waals surface area contributed by atoms with E-state index in [1.165, 1.54) is 0 Å². The Hall–Kier alpha value is -1.70. The van der Waals surface area contributed by atoms with Crippen molar-refractivity contribution >= 4 is 17.2 Å². The van der Waals surface area contributed by atoms with Crippen LogP contribution in [0.15, 0.2) is 28.1 Å². The van der Waals surface area contributed by atoms with Crippen molar-refractivity contribution in [3.8, 4) is 0 Å². The summed E-state index contributed by atoms with van der Waals surface area (Å²) in [4.78, 5) is 21.5. The molecule has 2 fully saturated rings. The maximum atomic E-state index is 12.8. The number of thiazole rings is 1. The molecular weight excluding hydrogens is 338 g/mol. The number of amides is 1. The molecule has 0 N–H and O–H groups in total.